The largest absolute Gasteiger partial charge is 0.490 e. The molecular weight excluding hydrogens is 375 g/mol. The van der Waals surface area contributed by atoms with Gasteiger partial charge in [-0.05, 0) is 41.5 Å². The van der Waals surface area contributed by atoms with Gasteiger partial charge in [0.2, 0.25) is 5.78 Å². The maximum Gasteiger partial charge on any atom is 0.231 e. The van der Waals surface area contributed by atoms with Gasteiger partial charge in [-0.3, -0.25) is 4.79 Å². The molecule has 0 radical (unpaired) electrons. The smallest absolute Gasteiger partial charge is 0.231 e. The summed E-state index contributed by atoms with van der Waals surface area (Å²) in [5.74, 6) is 0.205. The van der Waals surface area contributed by atoms with E-state index in [0.717, 1.165) is 5.56 Å². The van der Waals surface area contributed by atoms with Gasteiger partial charge in [0.15, 0.2) is 17.6 Å². The van der Waals surface area contributed by atoms with Crippen LogP contribution >= 0.6 is 23.2 Å². The third-order valence-electron chi connectivity index (χ3n) is 4.27. The molecule has 2 aliphatic heterocycles. The van der Waals surface area contributed by atoms with Crippen LogP contribution in [0.3, 0.4) is 0 Å². The van der Waals surface area contributed by atoms with Gasteiger partial charge < -0.3 is 14.6 Å². The summed E-state index contributed by atoms with van der Waals surface area (Å²) in [5.41, 5.74) is 1.82. The number of hydrogen-bond donors (Lipinski definition) is 1. The Kier molecular flexibility index (Phi) is 4.49. The van der Waals surface area contributed by atoms with E-state index in [4.69, 9.17) is 32.7 Å². The molecule has 2 heterocycles. The number of fused-ring (bicyclic) bond motifs is 1. The third kappa shape index (κ3) is 3.12. The Balaban J connectivity index is 1.80. The van der Waals surface area contributed by atoms with E-state index in [0.29, 0.717) is 26.9 Å². The number of ether oxygens (including phenoxy) is 2. The molecular formula is C20H14Cl2O4. The molecule has 2 atom stereocenters. The highest BCUT2D eigenvalue weighted by atomic mass is 35.5. The molecule has 0 aliphatic carbocycles. The molecule has 0 amide bonds. The minimum atomic E-state index is -0.839. The Morgan fingerprint density at radius 1 is 1.00 bits per heavy atom. The molecule has 2 aliphatic rings. The molecule has 0 aromatic heterocycles. The molecule has 0 saturated carbocycles. The average Bonchev–Trinajstić information content (AvgIpc) is 2.99. The fraction of sp³-hybridized carbons (Fsp3) is 0.150. The van der Waals surface area contributed by atoms with Crippen molar-refractivity contribution in [1.82, 2.24) is 0 Å². The second kappa shape index (κ2) is 6.80. The average molecular weight is 389 g/mol. The highest BCUT2D eigenvalue weighted by Gasteiger charge is 2.44. The molecule has 1 fully saturated rings. The molecule has 2 aromatic carbocycles. The summed E-state index contributed by atoms with van der Waals surface area (Å²) in [5, 5.41) is 11.4. The van der Waals surface area contributed by atoms with E-state index >= 15 is 0 Å². The van der Waals surface area contributed by atoms with Crippen molar-refractivity contribution in [3.05, 3.63) is 81.2 Å². The van der Waals surface area contributed by atoms with Crippen molar-refractivity contribution in [2.24, 2.45) is 0 Å². The highest BCUT2D eigenvalue weighted by molar-refractivity contribution is 6.32. The number of aliphatic hydroxyl groups excluding tert-OH is 1. The number of Topliss-reactive ketones (excluding diaryl/α,β-unsaturated/α-hetero) is 1. The quantitative estimate of drug-likeness (QED) is 0.786. The molecule has 1 N–H and O–H groups in total. The monoisotopic (exact) mass is 388 g/mol. The lowest BCUT2D eigenvalue weighted by molar-refractivity contribution is -0.116. The maximum atomic E-state index is 13.1. The van der Waals surface area contributed by atoms with Crippen LogP contribution in [0.2, 0.25) is 10.0 Å². The van der Waals surface area contributed by atoms with Crippen molar-refractivity contribution in [3.8, 4) is 0 Å². The fourth-order valence-corrected chi connectivity index (χ4v) is 3.24. The first-order valence-electron chi connectivity index (χ1n) is 8.02. The van der Waals surface area contributed by atoms with Crippen molar-refractivity contribution in [3.63, 3.8) is 0 Å². The van der Waals surface area contributed by atoms with Gasteiger partial charge in [0.1, 0.15) is 12.7 Å². The lowest BCUT2D eigenvalue weighted by atomic mass is 9.93. The van der Waals surface area contributed by atoms with Crippen molar-refractivity contribution in [2.45, 2.75) is 12.2 Å². The minimum absolute atomic E-state index is 0.0819. The zero-order valence-electron chi connectivity index (χ0n) is 13.5. The topological polar surface area (TPSA) is 55.8 Å². The second-order valence-electron chi connectivity index (χ2n) is 6.05. The third-order valence-corrected chi connectivity index (χ3v) is 4.77. The second-order valence-corrected chi connectivity index (χ2v) is 6.93. The first-order chi connectivity index (χ1) is 12.5. The molecule has 26 heavy (non-hydrogen) atoms. The molecule has 0 bridgehead atoms. The molecule has 0 spiro atoms. The summed E-state index contributed by atoms with van der Waals surface area (Å²) in [6.07, 6.45) is 0.0853. The summed E-state index contributed by atoms with van der Waals surface area (Å²) in [6, 6.07) is 13.9. The number of hydrogen-bond acceptors (Lipinski definition) is 4. The highest BCUT2D eigenvalue weighted by Crippen LogP contribution is 2.38. The van der Waals surface area contributed by atoms with E-state index in [-0.39, 0.29) is 18.1 Å². The molecule has 0 unspecified atom stereocenters. The Morgan fingerprint density at radius 3 is 2.27 bits per heavy atom. The van der Waals surface area contributed by atoms with Crippen molar-refractivity contribution in [2.75, 3.05) is 6.61 Å². The van der Waals surface area contributed by atoms with Crippen LogP contribution < -0.4 is 0 Å². The molecule has 132 valence electrons. The van der Waals surface area contributed by atoms with Crippen molar-refractivity contribution in [1.29, 1.82) is 0 Å². The number of allylic oxidation sites excluding steroid dienone is 1. The van der Waals surface area contributed by atoms with Gasteiger partial charge in [0, 0.05) is 10.0 Å². The van der Waals surface area contributed by atoms with Gasteiger partial charge in [0.25, 0.3) is 0 Å². The molecule has 1 saturated heterocycles. The van der Waals surface area contributed by atoms with Gasteiger partial charge >= 0.3 is 0 Å². The predicted octanol–water partition coefficient (Wildman–Crippen LogP) is 4.10. The van der Waals surface area contributed by atoms with Crippen LogP contribution in [0.1, 0.15) is 11.1 Å². The lowest BCUT2D eigenvalue weighted by Gasteiger charge is -2.25. The number of carbonyl (C=O) groups excluding carboxylic acids is 1. The number of rotatable bonds is 2. The van der Waals surface area contributed by atoms with Crippen LogP contribution in [0.5, 0.6) is 0 Å². The minimum Gasteiger partial charge on any atom is -0.490 e. The molecule has 6 heteroatoms. The SMILES string of the molecule is O=C1C(c2ccc(Cl)cc2)=C2OC[C@@H](O)[C@H]2O/C1=C\c1ccc(Cl)cc1. The summed E-state index contributed by atoms with van der Waals surface area (Å²) >= 11 is 11.9. The normalized spacial score (nSPS) is 23.7. The van der Waals surface area contributed by atoms with E-state index in [9.17, 15) is 9.90 Å². The Bertz CT molecular complexity index is 914. The zero-order valence-corrected chi connectivity index (χ0v) is 15.0. The molecule has 4 rings (SSSR count). The van der Waals surface area contributed by atoms with Gasteiger partial charge in [-0.15, -0.1) is 0 Å². The van der Waals surface area contributed by atoms with Gasteiger partial charge in [-0.25, -0.2) is 0 Å². The van der Waals surface area contributed by atoms with Crippen molar-refractivity contribution < 1.29 is 19.4 Å². The Labute approximate surface area is 160 Å². The van der Waals surface area contributed by atoms with Gasteiger partial charge in [-0.1, -0.05) is 47.5 Å². The Hall–Kier alpha value is -2.27. The van der Waals surface area contributed by atoms with Crippen molar-refractivity contribution >= 4 is 40.6 Å². The number of ketones is 1. The standard InChI is InChI=1S/C20H14Cl2O4/c21-13-5-1-11(2-6-13)9-16-18(24)17(12-3-7-14(22)8-4-12)20-19(26-16)15(23)10-25-20/h1-9,15,19,23H,10H2/b16-9-/t15-,19-/m1/s1. The van der Waals surface area contributed by atoms with E-state index < -0.39 is 12.2 Å². The lowest BCUT2D eigenvalue weighted by Crippen LogP contribution is -2.32. The van der Waals surface area contributed by atoms with Crippen LogP contribution in [-0.2, 0) is 14.3 Å². The zero-order chi connectivity index (χ0) is 18.3. The summed E-state index contributed by atoms with van der Waals surface area (Å²) < 4.78 is 11.3. The van der Waals surface area contributed by atoms with E-state index in [1.165, 1.54) is 0 Å². The van der Waals surface area contributed by atoms with Crippen LogP contribution in [0.4, 0.5) is 0 Å². The molecule has 4 nitrogen and oxygen atoms in total. The summed E-state index contributed by atoms with van der Waals surface area (Å²) in [7, 11) is 0. The number of carbonyl (C=O) groups is 1. The van der Waals surface area contributed by atoms with E-state index in [1.807, 2.05) is 0 Å². The van der Waals surface area contributed by atoms with E-state index in [1.54, 1.807) is 54.6 Å². The van der Waals surface area contributed by atoms with Gasteiger partial charge in [0.05, 0.1) is 5.57 Å². The first-order valence-corrected chi connectivity index (χ1v) is 8.78. The van der Waals surface area contributed by atoms with E-state index in [2.05, 4.69) is 0 Å². The predicted molar refractivity (Wildman–Crippen MR) is 99.6 cm³/mol. The maximum absolute atomic E-state index is 13.1. The summed E-state index contributed by atoms with van der Waals surface area (Å²) in [6.45, 7) is 0.0819. The molecule has 2 aromatic rings. The fourth-order valence-electron chi connectivity index (χ4n) is 2.99. The van der Waals surface area contributed by atoms with Gasteiger partial charge in [-0.2, -0.15) is 0 Å². The number of benzene rings is 2. The number of aliphatic hydroxyl groups is 1. The van der Waals surface area contributed by atoms with Crippen LogP contribution in [0.15, 0.2) is 60.0 Å². The number of halogens is 2. The van der Waals surface area contributed by atoms with Crippen LogP contribution in [0, 0.1) is 0 Å². The van der Waals surface area contributed by atoms with Crippen LogP contribution in [-0.4, -0.2) is 29.7 Å². The Morgan fingerprint density at radius 2 is 1.62 bits per heavy atom. The summed E-state index contributed by atoms with van der Waals surface area (Å²) in [4.78, 5) is 13.1. The van der Waals surface area contributed by atoms with Crippen LogP contribution in [0.25, 0.3) is 11.6 Å². The first kappa shape index (κ1) is 17.2.